The molecule has 0 saturated heterocycles. The first-order chi connectivity index (χ1) is 7.11. The molecule has 15 heavy (non-hydrogen) atoms. The average molecular weight is 213 g/mol. The summed E-state index contributed by atoms with van der Waals surface area (Å²) in [6.45, 7) is 2.35. The molecule has 0 aliphatic heterocycles. The maximum Gasteiger partial charge on any atom is 0.0244 e. The normalized spacial score (nSPS) is 27.6. The molecule has 1 aliphatic carbocycles. The SMILES string of the molecule is CN(C)CCCN(C)C1CCCCC1N. The van der Waals surface area contributed by atoms with Crippen molar-refractivity contribution in [2.24, 2.45) is 5.73 Å². The van der Waals surface area contributed by atoms with Gasteiger partial charge in [-0.3, -0.25) is 0 Å². The molecule has 0 spiro atoms. The van der Waals surface area contributed by atoms with Crippen LogP contribution in [0.1, 0.15) is 32.1 Å². The summed E-state index contributed by atoms with van der Waals surface area (Å²) in [6.07, 6.45) is 6.43. The van der Waals surface area contributed by atoms with Crippen molar-refractivity contribution in [3.05, 3.63) is 0 Å². The lowest BCUT2D eigenvalue weighted by molar-refractivity contribution is 0.163. The second-order valence-corrected chi connectivity index (χ2v) is 5.15. The van der Waals surface area contributed by atoms with Gasteiger partial charge in [0.05, 0.1) is 0 Å². The van der Waals surface area contributed by atoms with Crippen LogP contribution in [0.15, 0.2) is 0 Å². The first-order valence-corrected chi connectivity index (χ1v) is 6.22. The Bertz CT molecular complexity index is 170. The Morgan fingerprint density at radius 2 is 1.73 bits per heavy atom. The van der Waals surface area contributed by atoms with Gasteiger partial charge in [0.25, 0.3) is 0 Å². The molecule has 3 heteroatoms. The second-order valence-electron chi connectivity index (χ2n) is 5.15. The van der Waals surface area contributed by atoms with E-state index in [0.717, 1.165) is 0 Å². The van der Waals surface area contributed by atoms with Gasteiger partial charge in [0.1, 0.15) is 0 Å². The predicted octanol–water partition coefficient (Wildman–Crippen LogP) is 1.14. The van der Waals surface area contributed by atoms with Crippen molar-refractivity contribution in [3.63, 3.8) is 0 Å². The molecule has 0 aromatic rings. The van der Waals surface area contributed by atoms with Crippen molar-refractivity contribution < 1.29 is 0 Å². The standard InChI is InChI=1S/C12H27N3/c1-14(2)9-6-10-15(3)12-8-5-4-7-11(12)13/h11-12H,4-10,13H2,1-3H3. The number of rotatable bonds is 5. The van der Waals surface area contributed by atoms with Crippen molar-refractivity contribution in [2.45, 2.75) is 44.2 Å². The zero-order valence-electron chi connectivity index (χ0n) is 10.6. The fourth-order valence-electron chi connectivity index (χ4n) is 2.49. The van der Waals surface area contributed by atoms with Gasteiger partial charge < -0.3 is 15.5 Å². The molecule has 0 bridgehead atoms. The molecule has 2 N–H and O–H groups in total. The molecule has 1 saturated carbocycles. The van der Waals surface area contributed by atoms with Crippen LogP contribution in [0.25, 0.3) is 0 Å². The molecule has 0 aromatic heterocycles. The van der Waals surface area contributed by atoms with Gasteiger partial charge in [0.2, 0.25) is 0 Å². The first kappa shape index (κ1) is 12.9. The van der Waals surface area contributed by atoms with Crippen molar-refractivity contribution in [3.8, 4) is 0 Å². The maximum atomic E-state index is 6.16. The summed E-state index contributed by atoms with van der Waals surface area (Å²) in [7, 11) is 6.49. The van der Waals surface area contributed by atoms with Gasteiger partial charge in [-0.25, -0.2) is 0 Å². The van der Waals surface area contributed by atoms with Gasteiger partial charge in [-0.05, 0) is 53.5 Å². The van der Waals surface area contributed by atoms with E-state index >= 15 is 0 Å². The van der Waals surface area contributed by atoms with Crippen molar-refractivity contribution in [2.75, 3.05) is 34.2 Å². The van der Waals surface area contributed by atoms with E-state index in [2.05, 4.69) is 30.9 Å². The molecule has 2 atom stereocenters. The largest absolute Gasteiger partial charge is 0.326 e. The van der Waals surface area contributed by atoms with Crippen LogP contribution in [-0.4, -0.2) is 56.1 Å². The molecule has 1 fully saturated rings. The minimum absolute atomic E-state index is 0.406. The Kier molecular flexibility index (Phi) is 5.58. The molecule has 0 amide bonds. The molecule has 0 heterocycles. The highest BCUT2D eigenvalue weighted by molar-refractivity contribution is 4.84. The Morgan fingerprint density at radius 1 is 1.07 bits per heavy atom. The van der Waals surface area contributed by atoms with Crippen molar-refractivity contribution >= 4 is 0 Å². The number of hydrogen-bond donors (Lipinski definition) is 1. The molecule has 90 valence electrons. The molecular formula is C12H27N3. The Labute approximate surface area is 94.6 Å². The molecule has 1 rings (SSSR count). The zero-order chi connectivity index (χ0) is 11.3. The lowest BCUT2D eigenvalue weighted by Gasteiger charge is -2.36. The molecule has 2 unspecified atom stereocenters. The summed E-state index contributed by atoms with van der Waals surface area (Å²) in [5.74, 6) is 0. The number of nitrogens with two attached hydrogens (primary N) is 1. The molecular weight excluding hydrogens is 186 g/mol. The molecule has 0 aromatic carbocycles. The number of nitrogens with zero attached hydrogens (tertiary/aromatic N) is 2. The summed E-state index contributed by atoms with van der Waals surface area (Å²) in [5.41, 5.74) is 6.16. The quantitative estimate of drug-likeness (QED) is 0.743. The van der Waals surface area contributed by atoms with E-state index in [1.54, 1.807) is 0 Å². The van der Waals surface area contributed by atoms with E-state index in [4.69, 9.17) is 5.73 Å². The lowest BCUT2D eigenvalue weighted by atomic mass is 9.90. The van der Waals surface area contributed by atoms with Crippen LogP contribution >= 0.6 is 0 Å². The average Bonchev–Trinajstić information content (AvgIpc) is 2.17. The number of likely N-dealkylation sites (N-methyl/N-ethyl adjacent to an activating group) is 1. The third kappa shape index (κ3) is 4.49. The monoisotopic (exact) mass is 213 g/mol. The van der Waals surface area contributed by atoms with Crippen molar-refractivity contribution in [1.82, 2.24) is 9.80 Å². The van der Waals surface area contributed by atoms with E-state index in [1.807, 2.05) is 0 Å². The highest BCUT2D eigenvalue weighted by Crippen LogP contribution is 2.20. The van der Waals surface area contributed by atoms with E-state index in [1.165, 1.54) is 45.2 Å². The molecule has 3 nitrogen and oxygen atoms in total. The summed E-state index contributed by atoms with van der Waals surface area (Å²) < 4.78 is 0. The van der Waals surface area contributed by atoms with Gasteiger partial charge in [0, 0.05) is 12.1 Å². The molecule has 0 radical (unpaired) electrons. The van der Waals surface area contributed by atoms with Crippen LogP contribution in [0.5, 0.6) is 0 Å². The first-order valence-electron chi connectivity index (χ1n) is 6.22. The van der Waals surface area contributed by atoms with Crippen LogP contribution in [0.2, 0.25) is 0 Å². The van der Waals surface area contributed by atoms with Crippen LogP contribution in [0.3, 0.4) is 0 Å². The third-order valence-electron chi connectivity index (χ3n) is 3.46. The lowest BCUT2D eigenvalue weighted by Crippen LogP contribution is -2.48. The fraction of sp³-hybridized carbons (Fsp3) is 1.00. The summed E-state index contributed by atoms with van der Waals surface area (Å²) in [5, 5.41) is 0. The number of hydrogen-bond acceptors (Lipinski definition) is 3. The van der Waals surface area contributed by atoms with Gasteiger partial charge in [-0.15, -0.1) is 0 Å². The smallest absolute Gasteiger partial charge is 0.0244 e. The highest BCUT2D eigenvalue weighted by atomic mass is 15.2. The summed E-state index contributed by atoms with van der Waals surface area (Å²) in [4.78, 5) is 4.71. The van der Waals surface area contributed by atoms with Crippen molar-refractivity contribution in [1.29, 1.82) is 0 Å². The molecule has 1 aliphatic rings. The predicted molar refractivity (Wildman–Crippen MR) is 66.0 cm³/mol. The van der Waals surface area contributed by atoms with E-state index in [0.29, 0.717) is 12.1 Å². The third-order valence-corrected chi connectivity index (χ3v) is 3.46. The Hall–Kier alpha value is -0.120. The van der Waals surface area contributed by atoms with Crippen LogP contribution < -0.4 is 5.73 Å². The van der Waals surface area contributed by atoms with Gasteiger partial charge >= 0.3 is 0 Å². The van der Waals surface area contributed by atoms with E-state index in [9.17, 15) is 0 Å². The highest BCUT2D eigenvalue weighted by Gasteiger charge is 2.24. The minimum Gasteiger partial charge on any atom is -0.326 e. The van der Waals surface area contributed by atoms with E-state index < -0.39 is 0 Å². The van der Waals surface area contributed by atoms with Crippen LogP contribution in [-0.2, 0) is 0 Å². The maximum absolute atomic E-state index is 6.16. The summed E-state index contributed by atoms with van der Waals surface area (Å²) >= 11 is 0. The Balaban J connectivity index is 2.22. The van der Waals surface area contributed by atoms with E-state index in [-0.39, 0.29) is 0 Å². The van der Waals surface area contributed by atoms with Crippen LogP contribution in [0.4, 0.5) is 0 Å². The minimum atomic E-state index is 0.406. The van der Waals surface area contributed by atoms with Gasteiger partial charge in [-0.1, -0.05) is 12.8 Å². The van der Waals surface area contributed by atoms with Crippen LogP contribution in [0, 0.1) is 0 Å². The summed E-state index contributed by atoms with van der Waals surface area (Å²) in [6, 6.07) is 1.03. The second kappa shape index (κ2) is 6.46. The Morgan fingerprint density at radius 3 is 2.33 bits per heavy atom. The topological polar surface area (TPSA) is 32.5 Å². The zero-order valence-corrected chi connectivity index (χ0v) is 10.6. The fourth-order valence-corrected chi connectivity index (χ4v) is 2.49. The van der Waals surface area contributed by atoms with Gasteiger partial charge in [-0.2, -0.15) is 0 Å². The van der Waals surface area contributed by atoms with Gasteiger partial charge in [0.15, 0.2) is 0 Å².